The van der Waals surface area contributed by atoms with Crippen LogP contribution in [0.3, 0.4) is 0 Å². The first-order valence-electron chi connectivity index (χ1n) is 6.60. The van der Waals surface area contributed by atoms with Gasteiger partial charge in [-0.05, 0) is 31.0 Å². The van der Waals surface area contributed by atoms with Gasteiger partial charge in [0.1, 0.15) is 17.4 Å². The van der Waals surface area contributed by atoms with E-state index in [4.69, 9.17) is 15.5 Å². The quantitative estimate of drug-likeness (QED) is 0.430. The van der Waals surface area contributed by atoms with Crippen molar-refractivity contribution in [3.63, 3.8) is 0 Å². The number of nitriles is 1. The molecular weight excluding hydrogens is 270 g/mol. The molecule has 0 saturated carbocycles. The SMILES string of the molecule is CC(O)CN/C=C(/C#N)C(=O)NCCc1ccc(O)cc1. The zero-order chi connectivity index (χ0) is 15.7. The Balaban J connectivity index is 2.41. The number of aliphatic hydroxyl groups excluding tert-OH is 1. The van der Waals surface area contributed by atoms with E-state index in [0.717, 1.165) is 5.56 Å². The topological polar surface area (TPSA) is 105 Å². The summed E-state index contributed by atoms with van der Waals surface area (Å²) >= 11 is 0. The van der Waals surface area contributed by atoms with Crippen LogP contribution in [0.4, 0.5) is 0 Å². The van der Waals surface area contributed by atoms with Crippen LogP contribution in [0.15, 0.2) is 36.0 Å². The third-order valence-corrected chi connectivity index (χ3v) is 2.66. The summed E-state index contributed by atoms with van der Waals surface area (Å²) in [4.78, 5) is 11.7. The summed E-state index contributed by atoms with van der Waals surface area (Å²) in [5.41, 5.74) is 0.934. The molecule has 1 amide bonds. The summed E-state index contributed by atoms with van der Waals surface area (Å²) in [5.74, 6) is -0.268. The zero-order valence-electron chi connectivity index (χ0n) is 11.8. The summed E-state index contributed by atoms with van der Waals surface area (Å²) in [7, 11) is 0. The fraction of sp³-hybridized carbons (Fsp3) is 0.333. The Morgan fingerprint density at radius 2 is 2.10 bits per heavy atom. The van der Waals surface area contributed by atoms with Crippen molar-refractivity contribution < 1.29 is 15.0 Å². The average molecular weight is 289 g/mol. The van der Waals surface area contributed by atoms with Crippen molar-refractivity contribution in [2.45, 2.75) is 19.4 Å². The molecule has 0 heterocycles. The van der Waals surface area contributed by atoms with Gasteiger partial charge in [-0.15, -0.1) is 0 Å². The summed E-state index contributed by atoms with van der Waals surface area (Å²) < 4.78 is 0. The Morgan fingerprint density at radius 1 is 1.43 bits per heavy atom. The molecule has 0 aliphatic carbocycles. The second kappa shape index (κ2) is 8.61. The lowest BCUT2D eigenvalue weighted by atomic mass is 10.1. The van der Waals surface area contributed by atoms with E-state index in [9.17, 15) is 4.79 Å². The van der Waals surface area contributed by atoms with E-state index in [-0.39, 0.29) is 17.9 Å². The Morgan fingerprint density at radius 3 is 2.67 bits per heavy atom. The van der Waals surface area contributed by atoms with E-state index in [1.807, 2.05) is 0 Å². The lowest BCUT2D eigenvalue weighted by Gasteiger charge is -2.06. The van der Waals surface area contributed by atoms with Crippen molar-refractivity contribution in [2.24, 2.45) is 0 Å². The van der Waals surface area contributed by atoms with Crippen LogP contribution in [-0.2, 0) is 11.2 Å². The van der Waals surface area contributed by atoms with E-state index in [1.165, 1.54) is 6.20 Å². The number of hydrogen-bond acceptors (Lipinski definition) is 5. The van der Waals surface area contributed by atoms with Gasteiger partial charge in [-0.3, -0.25) is 4.79 Å². The van der Waals surface area contributed by atoms with Gasteiger partial charge in [0, 0.05) is 19.3 Å². The molecule has 0 fully saturated rings. The van der Waals surface area contributed by atoms with Gasteiger partial charge < -0.3 is 20.8 Å². The van der Waals surface area contributed by atoms with Gasteiger partial charge >= 0.3 is 0 Å². The third-order valence-electron chi connectivity index (χ3n) is 2.66. The molecule has 0 bridgehead atoms. The predicted octanol–water partition coefficient (Wildman–Crippen LogP) is 0.429. The first kappa shape index (κ1) is 16.5. The molecule has 1 atom stereocenters. The van der Waals surface area contributed by atoms with Crippen LogP contribution in [0, 0.1) is 11.3 Å². The molecule has 112 valence electrons. The van der Waals surface area contributed by atoms with Crippen molar-refractivity contribution in [2.75, 3.05) is 13.1 Å². The van der Waals surface area contributed by atoms with Crippen molar-refractivity contribution in [1.82, 2.24) is 10.6 Å². The summed E-state index contributed by atoms with van der Waals surface area (Å²) in [5, 5.41) is 32.5. The number of carbonyl (C=O) groups is 1. The average Bonchev–Trinajstić information content (AvgIpc) is 2.45. The smallest absolute Gasteiger partial charge is 0.263 e. The molecule has 21 heavy (non-hydrogen) atoms. The number of benzene rings is 1. The zero-order valence-corrected chi connectivity index (χ0v) is 11.8. The number of phenols is 1. The first-order chi connectivity index (χ1) is 10.0. The van der Waals surface area contributed by atoms with Crippen LogP contribution in [0.5, 0.6) is 5.75 Å². The highest BCUT2D eigenvalue weighted by Crippen LogP contribution is 2.09. The van der Waals surface area contributed by atoms with E-state index >= 15 is 0 Å². The molecule has 0 aromatic heterocycles. The molecule has 1 aromatic rings. The Kier molecular flexibility index (Phi) is 6.78. The van der Waals surface area contributed by atoms with Gasteiger partial charge in [-0.1, -0.05) is 12.1 Å². The largest absolute Gasteiger partial charge is 0.508 e. The highest BCUT2D eigenvalue weighted by molar-refractivity contribution is 5.97. The van der Waals surface area contributed by atoms with Gasteiger partial charge in [0.2, 0.25) is 0 Å². The first-order valence-corrected chi connectivity index (χ1v) is 6.60. The summed E-state index contributed by atoms with van der Waals surface area (Å²) in [6, 6.07) is 8.51. The molecule has 1 unspecified atom stereocenters. The van der Waals surface area contributed by atoms with Crippen LogP contribution >= 0.6 is 0 Å². The van der Waals surface area contributed by atoms with Crippen LogP contribution in [0.2, 0.25) is 0 Å². The van der Waals surface area contributed by atoms with Crippen molar-refractivity contribution in [1.29, 1.82) is 5.26 Å². The number of amides is 1. The molecule has 6 heteroatoms. The molecule has 4 N–H and O–H groups in total. The van der Waals surface area contributed by atoms with Crippen molar-refractivity contribution >= 4 is 5.91 Å². The molecule has 1 rings (SSSR count). The van der Waals surface area contributed by atoms with Gasteiger partial charge in [0.15, 0.2) is 0 Å². The fourth-order valence-corrected chi connectivity index (χ4v) is 1.56. The lowest BCUT2D eigenvalue weighted by Crippen LogP contribution is -2.28. The van der Waals surface area contributed by atoms with E-state index in [2.05, 4.69) is 10.6 Å². The minimum atomic E-state index is -0.557. The number of nitrogens with zero attached hydrogens (tertiary/aromatic N) is 1. The number of phenolic OH excluding ortho intramolecular Hbond substituents is 1. The lowest BCUT2D eigenvalue weighted by molar-refractivity contribution is -0.117. The number of aliphatic hydroxyl groups is 1. The van der Waals surface area contributed by atoms with Gasteiger partial charge in [0.25, 0.3) is 5.91 Å². The highest BCUT2D eigenvalue weighted by atomic mass is 16.3. The molecule has 1 aromatic carbocycles. The molecule has 6 nitrogen and oxygen atoms in total. The Labute approximate surface area is 123 Å². The molecule has 0 radical (unpaired) electrons. The predicted molar refractivity (Wildman–Crippen MR) is 78.2 cm³/mol. The maximum atomic E-state index is 11.7. The molecule has 0 aliphatic heterocycles. The Bertz CT molecular complexity index is 530. The number of aromatic hydroxyl groups is 1. The van der Waals surface area contributed by atoms with E-state index < -0.39 is 12.0 Å². The monoisotopic (exact) mass is 289 g/mol. The van der Waals surface area contributed by atoms with Crippen LogP contribution in [0.25, 0.3) is 0 Å². The normalized spacial score (nSPS) is 12.3. The van der Waals surface area contributed by atoms with Crippen LogP contribution in [-0.4, -0.2) is 35.3 Å². The van der Waals surface area contributed by atoms with Crippen LogP contribution in [0.1, 0.15) is 12.5 Å². The van der Waals surface area contributed by atoms with Gasteiger partial charge in [-0.25, -0.2) is 0 Å². The van der Waals surface area contributed by atoms with E-state index in [0.29, 0.717) is 13.0 Å². The molecular formula is C15H19N3O3. The van der Waals surface area contributed by atoms with Crippen LogP contribution < -0.4 is 10.6 Å². The second-order valence-corrected chi connectivity index (χ2v) is 4.60. The van der Waals surface area contributed by atoms with E-state index in [1.54, 1.807) is 37.3 Å². The summed E-state index contributed by atoms with van der Waals surface area (Å²) in [6.07, 6.45) is 1.34. The van der Waals surface area contributed by atoms with Crippen molar-refractivity contribution in [3.05, 3.63) is 41.6 Å². The van der Waals surface area contributed by atoms with Crippen molar-refractivity contribution in [3.8, 4) is 11.8 Å². The Hall–Kier alpha value is -2.52. The minimum Gasteiger partial charge on any atom is -0.508 e. The number of hydrogen-bond donors (Lipinski definition) is 4. The maximum absolute atomic E-state index is 11.7. The fourth-order valence-electron chi connectivity index (χ4n) is 1.56. The number of rotatable bonds is 7. The van der Waals surface area contributed by atoms with Gasteiger partial charge in [0.05, 0.1) is 6.10 Å². The van der Waals surface area contributed by atoms with Gasteiger partial charge in [-0.2, -0.15) is 5.26 Å². The minimum absolute atomic E-state index is 0.0404. The molecule has 0 saturated heterocycles. The third kappa shape index (κ3) is 6.45. The molecule has 0 aliphatic rings. The second-order valence-electron chi connectivity index (χ2n) is 4.60. The molecule has 0 spiro atoms. The number of carbonyl (C=O) groups excluding carboxylic acids is 1. The summed E-state index contributed by atoms with van der Waals surface area (Å²) in [6.45, 7) is 2.26. The number of nitrogens with one attached hydrogen (secondary N) is 2. The maximum Gasteiger partial charge on any atom is 0.263 e. The standard InChI is InChI=1S/C15H19N3O3/c1-11(19)9-17-10-13(8-16)15(21)18-7-6-12-2-4-14(20)5-3-12/h2-5,10-11,17,19-20H,6-7,9H2,1H3,(H,18,21)/b13-10-. The highest BCUT2D eigenvalue weighted by Gasteiger charge is 2.08.